The maximum Gasteiger partial charge on any atom is 0.178 e. The molecule has 1 N–H and O–H groups in total. The first-order valence-electron chi connectivity index (χ1n) is 6.84. The molecule has 0 saturated heterocycles. The summed E-state index contributed by atoms with van der Waals surface area (Å²) in [5, 5.41) is 17.4. The Kier molecular flexibility index (Phi) is 3.09. The molecule has 4 rings (SSSR count). The zero-order chi connectivity index (χ0) is 14.9. The topological polar surface area (TPSA) is 54.5 Å². The van der Waals surface area contributed by atoms with E-state index < -0.39 is 0 Å². The Morgan fingerprint density at radius 1 is 0.818 bits per heavy atom. The fourth-order valence-electron chi connectivity index (χ4n) is 2.43. The Morgan fingerprint density at radius 3 is 2.45 bits per heavy atom. The molecule has 0 aliphatic carbocycles. The van der Waals surface area contributed by atoms with Crippen LogP contribution in [0.1, 0.15) is 0 Å². The smallest absolute Gasteiger partial charge is 0.178 e. The number of nitrogens with one attached hydrogen (secondary N) is 1. The van der Waals surface area contributed by atoms with Crippen LogP contribution in [0.15, 0.2) is 60.7 Å². The maximum atomic E-state index is 6.07. The summed E-state index contributed by atoms with van der Waals surface area (Å²) in [4.78, 5) is 0. The van der Waals surface area contributed by atoms with Crippen molar-refractivity contribution in [3.8, 4) is 22.5 Å². The third-order valence-corrected chi connectivity index (χ3v) is 3.73. The first-order chi connectivity index (χ1) is 10.8. The molecule has 0 bridgehead atoms. The SMILES string of the molecule is Clc1cccc(-c2n[nH]c3nnc(-c4ccccc4)cc23)c1. The van der Waals surface area contributed by atoms with Gasteiger partial charge in [-0.3, -0.25) is 5.10 Å². The Hall–Kier alpha value is -2.72. The van der Waals surface area contributed by atoms with E-state index in [9.17, 15) is 0 Å². The van der Waals surface area contributed by atoms with Crippen LogP contribution in [0.3, 0.4) is 0 Å². The van der Waals surface area contributed by atoms with E-state index in [0.717, 1.165) is 27.9 Å². The van der Waals surface area contributed by atoms with Crippen LogP contribution in [0, 0.1) is 0 Å². The first-order valence-corrected chi connectivity index (χ1v) is 7.22. The lowest BCUT2D eigenvalue weighted by molar-refractivity contribution is 1.03. The van der Waals surface area contributed by atoms with Crippen molar-refractivity contribution in [2.45, 2.75) is 0 Å². The van der Waals surface area contributed by atoms with Gasteiger partial charge < -0.3 is 0 Å². The number of aromatic amines is 1. The lowest BCUT2D eigenvalue weighted by Crippen LogP contribution is -1.88. The zero-order valence-corrected chi connectivity index (χ0v) is 12.2. The van der Waals surface area contributed by atoms with Crippen LogP contribution < -0.4 is 0 Å². The molecule has 106 valence electrons. The highest BCUT2D eigenvalue weighted by Crippen LogP contribution is 2.29. The van der Waals surface area contributed by atoms with Crippen molar-refractivity contribution in [1.29, 1.82) is 0 Å². The van der Waals surface area contributed by atoms with Crippen LogP contribution >= 0.6 is 11.6 Å². The Balaban J connectivity index is 1.91. The predicted molar refractivity (Wildman–Crippen MR) is 87.6 cm³/mol. The van der Waals surface area contributed by atoms with E-state index in [-0.39, 0.29) is 0 Å². The molecule has 2 aromatic carbocycles. The number of nitrogens with zero attached hydrogens (tertiary/aromatic N) is 3. The summed E-state index contributed by atoms with van der Waals surface area (Å²) in [7, 11) is 0. The number of halogens is 1. The van der Waals surface area contributed by atoms with E-state index in [1.807, 2.05) is 60.7 Å². The van der Waals surface area contributed by atoms with Crippen LogP contribution in [0.5, 0.6) is 0 Å². The van der Waals surface area contributed by atoms with Gasteiger partial charge in [0.2, 0.25) is 0 Å². The second-order valence-corrected chi connectivity index (χ2v) is 5.38. The van der Waals surface area contributed by atoms with Crippen molar-refractivity contribution >= 4 is 22.6 Å². The molecular formula is C17H11ClN4. The Bertz CT molecular complexity index is 947. The summed E-state index contributed by atoms with van der Waals surface area (Å²) < 4.78 is 0. The standard InChI is InChI=1S/C17H11ClN4/c18-13-8-4-7-12(9-13)16-14-10-15(11-5-2-1-3-6-11)19-21-17(14)22-20-16/h1-10H,(H,20,21,22). The Morgan fingerprint density at radius 2 is 1.64 bits per heavy atom. The molecule has 22 heavy (non-hydrogen) atoms. The number of rotatable bonds is 2. The summed E-state index contributed by atoms with van der Waals surface area (Å²) in [6.07, 6.45) is 0. The highest BCUT2D eigenvalue weighted by molar-refractivity contribution is 6.30. The van der Waals surface area contributed by atoms with Gasteiger partial charge in [-0.05, 0) is 18.2 Å². The van der Waals surface area contributed by atoms with Crippen molar-refractivity contribution < 1.29 is 0 Å². The molecule has 0 fully saturated rings. The van der Waals surface area contributed by atoms with E-state index in [2.05, 4.69) is 20.4 Å². The summed E-state index contributed by atoms with van der Waals surface area (Å²) in [6, 6.07) is 19.6. The van der Waals surface area contributed by atoms with Crippen LogP contribution in [0.25, 0.3) is 33.5 Å². The number of aromatic nitrogens is 4. The lowest BCUT2D eigenvalue weighted by atomic mass is 10.1. The van der Waals surface area contributed by atoms with Crippen molar-refractivity contribution in [3.63, 3.8) is 0 Å². The molecule has 0 radical (unpaired) electrons. The molecule has 0 aliphatic rings. The average molecular weight is 307 g/mol. The van der Waals surface area contributed by atoms with Crippen LogP contribution in [-0.2, 0) is 0 Å². The third kappa shape index (κ3) is 2.23. The van der Waals surface area contributed by atoms with Gasteiger partial charge in [0.1, 0.15) is 5.69 Å². The monoisotopic (exact) mass is 306 g/mol. The first kappa shape index (κ1) is 13.0. The zero-order valence-electron chi connectivity index (χ0n) is 11.5. The molecule has 0 amide bonds. The van der Waals surface area contributed by atoms with E-state index >= 15 is 0 Å². The highest BCUT2D eigenvalue weighted by atomic mass is 35.5. The van der Waals surface area contributed by atoms with E-state index in [1.54, 1.807) is 0 Å². The fourth-order valence-corrected chi connectivity index (χ4v) is 2.62. The van der Waals surface area contributed by atoms with Gasteiger partial charge in [-0.15, -0.1) is 10.2 Å². The molecule has 0 saturated carbocycles. The predicted octanol–water partition coefficient (Wildman–Crippen LogP) is 4.34. The second-order valence-electron chi connectivity index (χ2n) is 4.94. The van der Waals surface area contributed by atoms with Gasteiger partial charge in [0.15, 0.2) is 5.65 Å². The average Bonchev–Trinajstić information content (AvgIpc) is 2.99. The molecule has 0 aliphatic heterocycles. The van der Waals surface area contributed by atoms with Crippen molar-refractivity contribution in [1.82, 2.24) is 20.4 Å². The van der Waals surface area contributed by atoms with E-state index in [1.165, 1.54) is 0 Å². The number of fused-ring (bicyclic) bond motifs is 1. The van der Waals surface area contributed by atoms with Gasteiger partial charge in [-0.2, -0.15) is 5.10 Å². The minimum atomic E-state index is 0.662. The molecule has 2 heterocycles. The minimum Gasteiger partial charge on any atom is -0.259 e. The van der Waals surface area contributed by atoms with Crippen LogP contribution in [-0.4, -0.2) is 20.4 Å². The molecule has 0 unspecified atom stereocenters. The third-order valence-electron chi connectivity index (χ3n) is 3.49. The van der Waals surface area contributed by atoms with Crippen LogP contribution in [0.4, 0.5) is 0 Å². The molecule has 4 nitrogen and oxygen atoms in total. The fraction of sp³-hybridized carbons (Fsp3) is 0. The molecule has 5 heteroatoms. The van der Waals surface area contributed by atoms with Crippen molar-refractivity contribution in [2.75, 3.05) is 0 Å². The number of hydrogen-bond acceptors (Lipinski definition) is 3. The van der Waals surface area contributed by atoms with Crippen molar-refractivity contribution in [3.05, 3.63) is 65.7 Å². The molecular weight excluding hydrogens is 296 g/mol. The van der Waals surface area contributed by atoms with Gasteiger partial charge in [0.25, 0.3) is 0 Å². The van der Waals surface area contributed by atoms with Crippen LogP contribution in [0.2, 0.25) is 5.02 Å². The van der Waals surface area contributed by atoms with Gasteiger partial charge in [-0.25, -0.2) is 0 Å². The Labute approximate surface area is 131 Å². The number of H-pyrrole nitrogens is 1. The molecule has 0 atom stereocenters. The normalized spacial score (nSPS) is 11.0. The summed E-state index contributed by atoms with van der Waals surface area (Å²) in [5.41, 5.74) is 4.28. The van der Waals surface area contributed by atoms with Gasteiger partial charge >= 0.3 is 0 Å². The second kappa shape index (κ2) is 5.24. The summed E-state index contributed by atoms with van der Waals surface area (Å²) >= 11 is 6.07. The molecule has 0 spiro atoms. The highest BCUT2D eigenvalue weighted by Gasteiger charge is 2.11. The lowest BCUT2D eigenvalue weighted by Gasteiger charge is -2.01. The summed E-state index contributed by atoms with van der Waals surface area (Å²) in [6.45, 7) is 0. The maximum absolute atomic E-state index is 6.07. The largest absolute Gasteiger partial charge is 0.259 e. The molecule has 2 aromatic heterocycles. The number of hydrogen-bond donors (Lipinski definition) is 1. The van der Waals surface area contributed by atoms with E-state index in [0.29, 0.717) is 10.7 Å². The quantitative estimate of drug-likeness (QED) is 0.599. The minimum absolute atomic E-state index is 0.662. The van der Waals surface area contributed by atoms with Gasteiger partial charge in [0, 0.05) is 16.1 Å². The van der Waals surface area contributed by atoms with Crippen molar-refractivity contribution in [2.24, 2.45) is 0 Å². The van der Waals surface area contributed by atoms with Gasteiger partial charge in [-0.1, -0.05) is 54.1 Å². The van der Waals surface area contributed by atoms with Gasteiger partial charge in [0.05, 0.1) is 11.1 Å². The molecule has 4 aromatic rings. The summed E-state index contributed by atoms with van der Waals surface area (Å²) in [5.74, 6) is 0. The number of benzene rings is 2. The van der Waals surface area contributed by atoms with E-state index in [4.69, 9.17) is 11.6 Å².